The van der Waals surface area contributed by atoms with Crippen LogP contribution < -0.4 is 0 Å². The molecule has 0 fully saturated rings. The van der Waals surface area contributed by atoms with Crippen molar-refractivity contribution < 1.29 is 0 Å². The van der Waals surface area contributed by atoms with E-state index in [4.69, 9.17) is 0 Å². The van der Waals surface area contributed by atoms with Crippen molar-refractivity contribution in [2.24, 2.45) is 0 Å². The molecule has 0 atom stereocenters. The molecule has 0 heteroatoms. The Morgan fingerprint density at radius 3 is 0.444 bits per heavy atom. The van der Waals surface area contributed by atoms with Crippen LogP contribution in [-0.4, -0.2) is 0 Å². The maximum absolute atomic E-state index is 2.12. The van der Waals surface area contributed by atoms with Crippen molar-refractivity contribution in [2.75, 3.05) is 0 Å². The average molecular weight is 255 g/mol. The maximum Gasteiger partial charge on any atom is -0.0590 e. The van der Waals surface area contributed by atoms with E-state index in [1.807, 2.05) is 36.4 Å². The van der Waals surface area contributed by atoms with Crippen LogP contribution >= 0.6 is 0 Å². The molecule has 1 aromatic carbocycles. The summed E-state index contributed by atoms with van der Waals surface area (Å²) in [6, 6.07) is 12.0. The van der Waals surface area contributed by atoms with E-state index in [0.29, 0.717) is 0 Å². The molecule has 0 aliphatic carbocycles. The summed E-state index contributed by atoms with van der Waals surface area (Å²) < 4.78 is 0. The van der Waals surface area contributed by atoms with Gasteiger partial charge in [-0.05, 0) is 0 Å². The summed E-state index contributed by atoms with van der Waals surface area (Å²) in [7, 11) is 0. The molecule has 0 saturated carbocycles. The monoisotopic (exact) mass is 254 g/mol. The molecule has 0 N–H and O–H groups in total. The van der Waals surface area contributed by atoms with Crippen LogP contribution in [0, 0.1) is 0 Å². The van der Waals surface area contributed by atoms with Gasteiger partial charge in [-0.2, -0.15) is 0 Å². The van der Waals surface area contributed by atoms with E-state index in [-0.39, 0.29) is 0 Å². The summed E-state index contributed by atoms with van der Waals surface area (Å²) in [5, 5.41) is 0. The van der Waals surface area contributed by atoms with E-state index in [1.54, 1.807) is 0 Å². The molecule has 0 radical (unpaired) electrons. The van der Waals surface area contributed by atoms with Crippen LogP contribution in [0.4, 0.5) is 0 Å². The Balaban J connectivity index is -0.0000000723. The Labute approximate surface area is 118 Å². The number of hydrogen-bond donors (Lipinski definition) is 0. The van der Waals surface area contributed by atoms with Crippen molar-refractivity contribution in [1.82, 2.24) is 0 Å². The molecule has 18 heavy (non-hydrogen) atoms. The zero-order chi connectivity index (χ0) is 15.1. The summed E-state index contributed by atoms with van der Waals surface area (Å²) in [4.78, 5) is 0. The fraction of sp³-hybridized carbons (Fsp3) is 0.667. The minimum Gasteiger partial charge on any atom is -0.0656 e. The molecule has 1 rings (SSSR count). The molecule has 0 unspecified atom stereocenters. The molecule has 1 aromatic rings. The van der Waals surface area contributed by atoms with Gasteiger partial charge in [0.25, 0.3) is 0 Å². The first kappa shape index (κ1) is 25.9. The maximum atomic E-state index is 2.12. The lowest BCUT2D eigenvalue weighted by Gasteiger charge is -1.69. The highest BCUT2D eigenvalue weighted by Gasteiger charge is 1.57. The molecule has 0 amide bonds. The molecule has 0 saturated heterocycles. The van der Waals surface area contributed by atoms with Crippen molar-refractivity contribution >= 4 is 0 Å². The van der Waals surface area contributed by atoms with E-state index in [2.05, 4.69) is 55.4 Å². The first-order chi connectivity index (χ1) is 8.66. The van der Waals surface area contributed by atoms with Crippen LogP contribution in [0.5, 0.6) is 0 Å². The van der Waals surface area contributed by atoms with Gasteiger partial charge in [0, 0.05) is 0 Å². The first-order valence-corrected chi connectivity index (χ1v) is 7.66. The standard InChI is InChI=1S/C6H6.4C3H8/c1-2-4-6-5-3-1;4*1-3-2/h1-6H;4*3H2,1-2H3. The zero-order valence-electron chi connectivity index (χ0n) is 14.3. The minimum absolute atomic E-state index is 1.25. The second-order valence-corrected chi connectivity index (χ2v) is 3.98. The second-order valence-electron chi connectivity index (χ2n) is 3.98. The second kappa shape index (κ2) is 44.2. The van der Waals surface area contributed by atoms with Gasteiger partial charge in [-0.1, -0.05) is 117 Å². The fourth-order valence-electron chi connectivity index (χ4n) is 0.385. The van der Waals surface area contributed by atoms with Gasteiger partial charge < -0.3 is 0 Å². The Kier molecular flexibility index (Phi) is 63.7. The van der Waals surface area contributed by atoms with E-state index >= 15 is 0 Å². The van der Waals surface area contributed by atoms with Crippen LogP contribution in [0.2, 0.25) is 0 Å². The van der Waals surface area contributed by atoms with Gasteiger partial charge in [0.15, 0.2) is 0 Å². The van der Waals surface area contributed by atoms with Crippen molar-refractivity contribution in [3.8, 4) is 0 Å². The zero-order valence-corrected chi connectivity index (χ0v) is 14.3. The van der Waals surface area contributed by atoms with Gasteiger partial charge in [0.1, 0.15) is 0 Å². The molecule has 0 heterocycles. The molecule has 0 aliphatic rings. The van der Waals surface area contributed by atoms with Crippen molar-refractivity contribution in [2.45, 2.75) is 81.1 Å². The van der Waals surface area contributed by atoms with Gasteiger partial charge in [0.05, 0.1) is 0 Å². The van der Waals surface area contributed by atoms with Crippen LogP contribution in [0.1, 0.15) is 81.1 Å². The lowest BCUT2D eigenvalue weighted by molar-refractivity contribution is 1.09. The highest BCUT2D eigenvalue weighted by molar-refractivity contribution is 4.99. The predicted molar refractivity (Wildman–Crippen MR) is 90.3 cm³/mol. The van der Waals surface area contributed by atoms with Gasteiger partial charge in [-0.25, -0.2) is 0 Å². The van der Waals surface area contributed by atoms with E-state index < -0.39 is 0 Å². The summed E-state index contributed by atoms with van der Waals surface area (Å²) >= 11 is 0. The van der Waals surface area contributed by atoms with Crippen molar-refractivity contribution in [3.63, 3.8) is 0 Å². The van der Waals surface area contributed by atoms with Crippen LogP contribution in [-0.2, 0) is 0 Å². The van der Waals surface area contributed by atoms with Gasteiger partial charge in [-0.15, -0.1) is 0 Å². The molecule has 110 valence electrons. The lowest BCUT2D eigenvalue weighted by Crippen LogP contribution is -1.47. The minimum atomic E-state index is 1.25. The van der Waals surface area contributed by atoms with Crippen LogP contribution in [0.15, 0.2) is 36.4 Å². The lowest BCUT2D eigenvalue weighted by atomic mass is 10.4. The molecule has 0 nitrogen and oxygen atoms in total. The predicted octanol–water partition coefficient (Wildman–Crippen LogP) is 7.35. The summed E-state index contributed by atoms with van der Waals surface area (Å²) in [5.41, 5.74) is 0. The average Bonchev–Trinajstić information content (AvgIpc) is 2.35. The molecule has 0 spiro atoms. The Hall–Kier alpha value is -0.780. The third-order valence-corrected chi connectivity index (χ3v) is 0.667. The summed E-state index contributed by atoms with van der Waals surface area (Å²) in [5.74, 6) is 0. The normalized spacial score (nSPS) is 6.67. The topological polar surface area (TPSA) is 0 Å². The van der Waals surface area contributed by atoms with Crippen LogP contribution in [0.25, 0.3) is 0 Å². The highest BCUT2D eigenvalue weighted by Crippen LogP contribution is 1.79. The van der Waals surface area contributed by atoms with E-state index in [1.165, 1.54) is 25.7 Å². The largest absolute Gasteiger partial charge is 0.0656 e. The van der Waals surface area contributed by atoms with Crippen molar-refractivity contribution in [1.29, 1.82) is 0 Å². The fourth-order valence-corrected chi connectivity index (χ4v) is 0.385. The molecule has 0 aliphatic heterocycles. The number of benzene rings is 1. The Bertz CT molecular complexity index is 109. The first-order valence-electron chi connectivity index (χ1n) is 7.66. The van der Waals surface area contributed by atoms with E-state index in [9.17, 15) is 0 Å². The molecular weight excluding hydrogens is 216 g/mol. The van der Waals surface area contributed by atoms with Gasteiger partial charge >= 0.3 is 0 Å². The summed E-state index contributed by atoms with van der Waals surface area (Å²) in [6.45, 7) is 17.0. The number of rotatable bonds is 0. The third kappa shape index (κ3) is 113. The SMILES string of the molecule is CCC.CCC.CCC.CCC.c1ccccc1. The summed E-state index contributed by atoms with van der Waals surface area (Å²) in [6.07, 6.45) is 5.00. The molecule has 0 aromatic heterocycles. The van der Waals surface area contributed by atoms with Gasteiger partial charge in [0.2, 0.25) is 0 Å². The third-order valence-electron chi connectivity index (χ3n) is 0.667. The highest BCUT2D eigenvalue weighted by atomic mass is 13.6. The molecule has 0 bridgehead atoms. The smallest absolute Gasteiger partial charge is 0.0590 e. The Morgan fingerprint density at radius 2 is 0.389 bits per heavy atom. The quantitative estimate of drug-likeness (QED) is 0.454. The van der Waals surface area contributed by atoms with E-state index in [0.717, 1.165) is 0 Å². The van der Waals surface area contributed by atoms with Crippen LogP contribution in [0.3, 0.4) is 0 Å². The van der Waals surface area contributed by atoms with Crippen molar-refractivity contribution in [3.05, 3.63) is 36.4 Å². The Morgan fingerprint density at radius 1 is 0.333 bits per heavy atom. The molecular formula is C18H38. The number of hydrogen-bond acceptors (Lipinski definition) is 0. The van der Waals surface area contributed by atoms with Gasteiger partial charge in [-0.3, -0.25) is 0 Å².